The third-order valence-electron chi connectivity index (χ3n) is 6.38. The van der Waals surface area contributed by atoms with Gasteiger partial charge in [0.2, 0.25) is 0 Å². The van der Waals surface area contributed by atoms with Gasteiger partial charge in [0.05, 0.1) is 23.7 Å². The van der Waals surface area contributed by atoms with Crippen molar-refractivity contribution >= 4 is 17.4 Å². The summed E-state index contributed by atoms with van der Waals surface area (Å²) in [5.74, 6) is -0.814. The molecule has 35 heavy (non-hydrogen) atoms. The normalized spacial score (nSPS) is 19.9. The molecule has 0 amide bonds. The second-order valence-electron chi connectivity index (χ2n) is 9.07. The van der Waals surface area contributed by atoms with Crippen molar-refractivity contribution in [3.63, 3.8) is 0 Å². The highest BCUT2D eigenvalue weighted by Crippen LogP contribution is 2.47. The molecular formula is C27H28N2O6. The van der Waals surface area contributed by atoms with E-state index in [9.17, 15) is 19.7 Å². The molecule has 2 atom stereocenters. The maximum Gasteiger partial charge on any atom is 0.337 e. The van der Waals surface area contributed by atoms with Crippen LogP contribution in [0.15, 0.2) is 71.1 Å². The summed E-state index contributed by atoms with van der Waals surface area (Å²) in [5.41, 5.74) is 3.38. The van der Waals surface area contributed by atoms with Gasteiger partial charge in [-0.3, -0.25) is 14.9 Å². The van der Waals surface area contributed by atoms with Gasteiger partial charge in [-0.1, -0.05) is 30.3 Å². The molecule has 1 aliphatic carbocycles. The number of carbonyl (C=O) groups is 2. The largest absolute Gasteiger partial charge is 0.496 e. The highest BCUT2D eigenvalue weighted by molar-refractivity contribution is 6.04. The molecular weight excluding hydrogens is 448 g/mol. The molecule has 1 N–H and O–H groups in total. The van der Waals surface area contributed by atoms with E-state index in [0.29, 0.717) is 40.3 Å². The van der Waals surface area contributed by atoms with Gasteiger partial charge < -0.3 is 14.8 Å². The molecule has 0 fully saturated rings. The molecule has 182 valence electrons. The number of non-ortho nitro benzene ring substituents is 1. The lowest BCUT2D eigenvalue weighted by Gasteiger charge is -2.37. The number of ketones is 1. The Balaban J connectivity index is 1.83. The number of dihydropyridines is 1. The minimum Gasteiger partial charge on any atom is -0.496 e. The highest BCUT2D eigenvalue weighted by atomic mass is 16.6. The number of para-hydroxylation sites is 1. The molecule has 0 unspecified atom stereocenters. The quantitative estimate of drug-likeness (QED) is 0.358. The van der Waals surface area contributed by atoms with Crippen molar-refractivity contribution in [2.75, 3.05) is 7.11 Å². The number of nitro groups is 1. The number of benzene rings is 2. The molecule has 1 heterocycles. The van der Waals surface area contributed by atoms with Crippen LogP contribution in [0.1, 0.15) is 56.6 Å². The first kappa shape index (κ1) is 24.2. The van der Waals surface area contributed by atoms with Crippen molar-refractivity contribution in [2.45, 2.75) is 51.6 Å². The van der Waals surface area contributed by atoms with Gasteiger partial charge in [-0.2, -0.15) is 0 Å². The summed E-state index contributed by atoms with van der Waals surface area (Å²) < 4.78 is 11.0. The van der Waals surface area contributed by atoms with Crippen molar-refractivity contribution in [3.05, 3.63) is 92.3 Å². The molecule has 0 saturated carbocycles. The summed E-state index contributed by atoms with van der Waals surface area (Å²) in [6.45, 7) is 5.27. The van der Waals surface area contributed by atoms with Crippen LogP contribution in [-0.2, 0) is 14.3 Å². The molecule has 0 aromatic heterocycles. The van der Waals surface area contributed by atoms with Crippen LogP contribution in [0.5, 0.6) is 5.75 Å². The molecule has 0 saturated heterocycles. The van der Waals surface area contributed by atoms with E-state index in [1.165, 1.54) is 12.1 Å². The van der Waals surface area contributed by atoms with Crippen LogP contribution in [0, 0.1) is 10.1 Å². The minimum atomic E-state index is -0.761. The first-order valence-corrected chi connectivity index (χ1v) is 11.5. The average molecular weight is 477 g/mol. The van der Waals surface area contributed by atoms with Crippen molar-refractivity contribution < 1.29 is 24.0 Å². The van der Waals surface area contributed by atoms with Crippen molar-refractivity contribution in [1.29, 1.82) is 0 Å². The van der Waals surface area contributed by atoms with E-state index in [-0.39, 0.29) is 29.9 Å². The number of methoxy groups -OCH3 is 1. The Morgan fingerprint density at radius 3 is 2.57 bits per heavy atom. The zero-order chi connectivity index (χ0) is 25.3. The van der Waals surface area contributed by atoms with Gasteiger partial charge in [0.1, 0.15) is 5.75 Å². The topological polar surface area (TPSA) is 108 Å². The van der Waals surface area contributed by atoms with E-state index < -0.39 is 16.8 Å². The van der Waals surface area contributed by atoms with E-state index in [4.69, 9.17) is 9.47 Å². The standard InChI is InChI=1S/C27H28N2O6/c1-15(2)35-27(31)24-16(3)28-21-13-18(20-10-5-6-11-23(20)34-4)14-22(30)26(21)25(24)17-8-7-9-19(12-17)29(32)33/h5-12,15,18,25,28H,13-14H2,1-4H3/t18-,25+/m0/s1. The monoisotopic (exact) mass is 476 g/mol. The summed E-state index contributed by atoms with van der Waals surface area (Å²) >= 11 is 0. The van der Waals surface area contributed by atoms with Gasteiger partial charge in [-0.15, -0.1) is 0 Å². The second-order valence-corrected chi connectivity index (χ2v) is 9.07. The smallest absolute Gasteiger partial charge is 0.337 e. The Morgan fingerprint density at radius 2 is 1.89 bits per heavy atom. The maximum atomic E-state index is 13.7. The number of allylic oxidation sites excluding steroid dienone is 3. The zero-order valence-corrected chi connectivity index (χ0v) is 20.2. The number of nitro benzene ring substituents is 1. The fourth-order valence-corrected chi connectivity index (χ4v) is 4.96. The van der Waals surface area contributed by atoms with Crippen LogP contribution in [0.3, 0.4) is 0 Å². The van der Waals surface area contributed by atoms with Crippen molar-refractivity contribution in [3.8, 4) is 5.75 Å². The van der Waals surface area contributed by atoms with Crippen LogP contribution in [0.2, 0.25) is 0 Å². The Hall–Kier alpha value is -3.94. The molecule has 8 heteroatoms. The summed E-state index contributed by atoms with van der Waals surface area (Å²) in [4.78, 5) is 37.8. The number of ether oxygens (including phenoxy) is 2. The van der Waals surface area contributed by atoms with Gasteiger partial charge >= 0.3 is 5.97 Å². The van der Waals surface area contributed by atoms with Crippen LogP contribution in [0.4, 0.5) is 5.69 Å². The maximum absolute atomic E-state index is 13.7. The lowest BCUT2D eigenvalue weighted by atomic mass is 9.71. The Bertz CT molecular complexity index is 1260. The first-order valence-electron chi connectivity index (χ1n) is 11.5. The molecule has 8 nitrogen and oxygen atoms in total. The second kappa shape index (κ2) is 9.74. The summed E-state index contributed by atoms with van der Waals surface area (Å²) in [6, 6.07) is 13.7. The van der Waals surface area contributed by atoms with Crippen LogP contribution < -0.4 is 10.1 Å². The third-order valence-corrected chi connectivity index (χ3v) is 6.38. The number of rotatable bonds is 6. The van der Waals surface area contributed by atoms with Crippen molar-refractivity contribution in [1.82, 2.24) is 5.32 Å². The van der Waals surface area contributed by atoms with Crippen molar-refractivity contribution in [2.24, 2.45) is 0 Å². The first-order chi connectivity index (χ1) is 16.7. The number of Topliss-reactive ketones (excluding diaryl/α,β-unsaturated/α-hetero) is 1. The minimum absolute atomic E-state index is 0.104. The molecule has 0 bridgehead atoms. The van der Waals surface area contributed by atoms with Gasteiger partial charge in [-0.25, -0.2) is 4.79 Å². The molecule has 2 aromatic rings. The van der Waals surface area contributed by atoms with Gasteiger partial charge in [0, 0.05) is 47.4 Å². The molecule has 1 aliphatic heterocycles. The van der Waals surface area contributed by atoms with E-state index in [1.54, 1.807) is 40.0 Å². The number of esters is 1. The molecule has 0 radical (unpaired) electrons. The molecule has 2 aliphatic rings. The average Bonchev–Trinajstić information content (AvgIpc) is 2.82. The highest BCUT2D eigenvalue weighted by Gasteiger charge is 2.42. The Labute approximate surface area is 203 Å². The Morgan fingerprint density at radius 1 is 1.14 bits per heavy atom. The summed E-state index contributed by atoms with van der Waals surface area (Å²) in [7, 11) is 1.60. The fraction of sp³-hybridized carbons (Fsp3) is 0.333. The lowest BCUT2D eigenvalue weighted by Crippen LogP contribution is -2.36. The van der Waals surface area contributed by atoms with Crippen LogP contribution in [-0.4, -0.2) is 29.9 Å². The van der Waals surface area contributed by atoms with E-state index >= 15 is 0 Å². The zero-order valence-electron chi connectivity index (χ0n) is 20.2. The third kappa shape index (κ3) is 4.69. The van der Waals surface area contributed by atoms with E-state index in [0.717, 1.165) is 5.56 Å². The predicted octanol–water partition coefficient (Wildman–Crippen LogP) is 4.92. The van der Waals surface area contributed by atoms with Gasteiger partial charge in [-0.05, 0) is 44.4 Å². The SMILES string of the molecule is COc1ccccc1[C@@H]1CC(=O)C2=C(C1)NC(C)=C(C(=O)OC(C)C)[C@H]2c1cccc([N+](=O)[O-])c1. The van der Waals surface area contributed by atoms with E-state index in [1.807, 2.05) is 24.3 Å². The Kier molecular flexibility index (Phi) is 6.73. The van der Waals surface area contributed by atoms with Gasteiger partial charge in [0.15, 0.2) is 5.78 Å². The van der Waals surface area contributed by atoms with Gasteiger partial charge in [0.25, 0.3) is 5.69 Å². The molecule has 4 rings (SSSR count). The summed E-state index contributed by atoms with van der Waals surface area (Å²) in [5, 5.41) is 14.8. The van der Waals surface area contributed by atoms with Crippen LogP contribution in [0.25, 0.3) is 0 Å². The number of carbonyl (C=O) groups excluding carboxylic acids is 2. The number of hydrogen-bond acceptors (Lipinski definition) is 7. The van der Waals surface area contributed by atoms with E-state index in [2.05, 4.69) is 5.32 Å². The number of nitrogens with zero attached hydrogens (tertiary/aromatic N) is 1. The number of nitrogens with one attached hydrogen (secondary N) is 1. The lowest BCUT2D eigenvalue weighted by molar-refractivity contribution is -0.384. The predicted molar refractivity (Wildman–Crippen MR) is 130 cm³/mol. The molecule has 2 aromatic carbocycles. The number of hydrogen-bond donors (Lipinski definition) is 1. The molecule has 0 spiro atoms. The summed E-state index contributed by atoms with van der Waals surface area (Å²) in [6.07, 6.45) is 0.412. The fourth-order valence-electron chi connectivity index (χ4n) is 4.96. The van der Waals surface area contributed by atoms with Crippen LogP contribution >= 0.6 is 0 Å².